The van der Waals surface area contributed by atoms with E-state index in [0.717, 1.165) is 6.54 Å². The van der Waals surface area contributed by atoms with Crippen molar-refractivity contribution >= 4 is 0 Å². The third-order valence-corrected chi connectivity index (χ3v) is 3.91. The van der Waals surface area contributed by atoms with Crippen molar-refractivity contribution in [3.63, 3.8) is 0 Å². The lowest BCUT2D eigenvalue weighted by Crippen LogP contribution is -2.14. The Morgan fingerprint density at radius 2 is 1.05 bits per heavy atom. The summed E-state index contributed by atoms with van der Waals surface area (Å²) in [5.41, 5.74) is 0. The minimum Gasteiger partial charge on any atom is -0.304 e. The van der Waals surface area contributed by atoms with Crippen LogP contribution in [0.15, 0.2) is 0 Å². The summed E-state index contributed by atoms with van der Waals surface area (Å²) in [4.78, 5) is 0. The first-order valence-electron chi connectivity index (χ1n) is 8.99. The molecule has 0 amide bonds. The minimum atomic E-state index is 0.498. The van der Waals surface area contributed by atoms with Crippen LogP contribution in [-0.4, -0.2) is 13.1 Å². The summed E-state index contributed by atoms with van der Waals surface area (Å²) < 4.78 is 0. The Kier molecular flexibility index (Phi) is 17.9. The number of nitriles is 1. The first-order valence-corrected chi connectivity index (χ1v) is 8.99. The van der Waals surface area contributed by atoms with Gasteiger partial charge in [0.15, 0.2) is 0 Å². The zero-order valence-electron chi connectivity index (χ0n) is 13.8. The summed E-state index contributed by atoms with van der Waals surface area (Å²) in [5.74, 6) is 0. The molecule has 20 heavy (non-hydrogen) atoms. The number of nitrogens with one attached hydrogen (secondary N) is 1. The third kappa shape index (κ3) is 17.4. The molecule has 118 valence electrons. The standard InChI is InChI=1S/C18H36N2/c1-2-3-4-5-6-7-8-9-10-11-12-13-14-15-17-20-18-16-19/h20H,2-15,17-18H2,1H3. The van der Waals surface area contributed by atoms with Crippen LogP contribution in [-0.2, 0) is 0 Å². The van der Waals surface area contributed by atoms with E-state index in [-0.39, 0.29) is 0 Å². The van der Waals surface area contributed by atoms with Crippen molar-refractivity contribution in [2.45, 2.75) is 96.8 Å². The lowest BCUT2D eigenvalue weighted by atomic mass is 10.0. The number of nitrogens with zero attached hydrogens (tertiary/aromatic N) is 1. The van der Waals surface area contributed by atoms with Crippen molar-refractivity contribution in [1.82, 2.24) is 5.32 Å². The van der Waals surface area contributed by atoms with Gasteiger partial charge >= 0.3 is 0 Å². The predicted octanol–water partition coefficient (Wildman–Crippen LogP) is 5.58. The topological polar surface area (TPSA) is 35.8 Å². The number of hydrogen-bond donors (Lipinski definition) is 1. The molecule has 0 aliphatic carbocycles. The van der Waals surface area contributed by atoms with Crippen LogP contribution in [0.2, 0.25) is 0 Å². The van der Waals surface area contributed by atoms with Crippen LogP contribution < -0.4 is 5.32 Å². The van der Waals surface area contributed by atoms with Gasteiger partial charge in [-0.1, -0.05) is 90.4 Å². The number of hydrogen-bond acceptors (Lipinski definition) is 2. The SMILES string of the molecule is CCCCCCCCCCCCCCCCNCC#N. The van der Waals surface area contributed by atoms with Crippen LogP contribution in [0.3, 0.4) is 0 Å². The molecule has 0 bridgehead atoms. The first kappa shape index (κ1) is 19.4. The summed E-state index contributed by atoms with van der Waals surface area (Å²) in [7, 11) is 0. The Morgan fingerprint density at radius 1 is 0.650 bits per heavy atom. The van der Waals surface area contributed by atoms with Crippen molar-refractivity contribution in [3.05, 3.63) is 0 Å². The number of rotatable bonds is 16. The third-order valence-electron chi connectivity index (χ3n) is 3.91. The van der Waals surface area contributed by atoms with E-state index in [1.807, 2.05) is 0 Å². The van der Waals surface area contributed by atoms with Crippen LogP contribution in [0.4, 0.5) is 0 Å². The summed E-state index contributed by atoms with van der Waals surface area (Å²) in [6.07, 6.45) is 19.6. The second kappa shape index (κ2) is 18.4. The first-order chi connectivity index (χ1) is 9.91. The van der Waals surface area contributed by atoms with Crippen LogP contribution in [0, 0.1) is 11.3 Å². The molecule has 0 unspecified atom stereocenters. The second-order valence-corrected chi connectivity index (χ2v) is 5.93. The summed E-state index contributed by atoms with van der Waals surface area (Å²) in [5, 5.41) is 11.5. The molecule has 0 radical (unpaired) electrons. The largest absolute Gasteiger partial charge is 0.304 e. The highest BCUT2D eigenvalue weighted by Crippen LogP contribution is 2.12. The Hall–Kier alpha value is -0.550. The fourth-order valence-electron chi connectivity index (χ4n) is 2.59. The Balaban J connectivity index is 2.91. The molecule has 0 aromatic rings. The van der Waals surface area contributed by atoms with Gasteiger partial charge < -0.3 is 5.32 Å². The molecular formula is C18H36N2. The molecule has 0 heterocycles. The average molecular weight is 280 g/mol. The van der Waals surface area contributed by atoms with Gasteiger partial charge in [-0.05, 0) is 13.0 Å². The molecule has 0 spiro atoms. The maximum Gasteiger partial charge on any atom is 0.0840 e. The van der Waals surface area contributed by atoms with Crippen molar-refractivity contribution in [1.29, 1.82) is 5.26 Å². The summed E-state index contributed by atoms with van der Waals surface area (Å²) in [6, 6.07) is 2.11. The lowest BCUT2D eigenvalue weighted by Gasteiger charge is -2.03. The van der Waals surface area contributed by atoms with Gasteiger partial charge in [-0.2, -0.15) is 5.26 Å². The van der Waals surface area contributed by atoms with Gasteiger partial charge in [-0.15, -0.1) is 0 Å². The average Bonchev–Trinajstić information content (AvgIpc) is 2.47. The molecular weight excluding hydrogens is 244 g/mol. The Bertz CT molecular complexity index is 208. The van der Waals surface area contributed by atoms with E-state index in [4.69, 9.17) is 5.26 Å². The molecule has 2 heteroatoms. The van der Waals surface area contributed by atoms with Crippen molar-refractivity contribution in [3.8, 4) is 6.07 Å². The van der Waals surface area contributed by atoms with E-state index in [0.29, 0.717) is 6.54 Å². The van der Waals surface area contributed by atoms with Gasteiger partial charge in [0.05, 0.1) is 12.6 Å². The lowest BCUT2D eigenvalue weighted by molar-refractivity contribution is 0.532. The Labute approximate surface area is 127 Å². The molecule has 0 aliphatic rings. The molecule has 0 aromatic heterocycles. The van der Waals surface area contributed by atoms with E-state index in [1.165, 1.54) is 89.9 Å². The zero-order chi connectivity index (χ0) is 14.7. The molecule has 0 rings (SSSR count). The monoisotopic (exact) mass is 280 g/mol. The van der Waals surface area contributed by atoms with E-state index in [1.54, 1.807) is 0 Å². The predicted molar refractivity (Wildman–Crippen MR) is 88.8 cm³/mol. The highest BCUT2D eigenvalue weighted by molar-refractivity contribution is 4.72. The molecule has 0 aromatic carbocycles. The zero-order valence-corrected chi connectivity index (χ0v) is 13.8. The highest BCUT2D eigenvalue weighted by Gasteiger charge is 1.94. The van der Waals surface area contributed by atoms with Gasteiger partial charge in [0, 0.05) is 0 Å². The van der Waals surface area contributed by atoms with Gasteiger partial charge in [0.2, 0.25) is 0 Å². The molecule has 0 saturated carbocycles. The number of unbranched alkanes of at least 4 members (excludes halogenated alkanes) is 13. The van der Waals surface area contributed by atoms with Crippen LogP contribution >= 0.6 is 0 Å². The maximum absolute atomic E-state index is 8.37. The van der Waals surface area contributed by atoms with Gasteiger partial charge in [0.25, 0.3) is 0 Å². The van der Waals surface area contributed by atoms with E-state index < -0.39 is 0 Å². The van der Waals surface area contributed by atoms with E-state index in [2.05, 4.69) is 18.3 Å². The van der Waals surface area contributed by atoms with Gasteiger partial charge in [-0.25, -0.2) is 0 Å². The molecule has 0 saturated heterocycles. The Morgan fingerprint density at radius 3 is 1.45 bits per heavy atom. The fraction of sp³-hybridized carbons (Fsp3) is 0.944. The minimum absolute atomic E-state index is 0.498. The van der Waals surface area contributed by atoms with Crippen molar-refractivity contribution in [2.24, 2.45) is 0 Å². The maximum atomic E-state index is 8.37. The summed E-state index contributed by atoms with van der Waals surface area (Å²) >= 11 is 0. The fourth-order valence-corrected chi connectivity index (χ4v) is 2.59. The molecule has 0 aliphatic heterocycles. The van der Waals surface area contributed by atoms with Gasteiger partial charge in [0.1, 0.15) is 0 Å². The highest BCUT2D eigenvalue weighted by atomic mass is 14.8. The second-order valence-electron chi connectivity index (χ2n) is 5.93. The molecule has 2 nitrogen and oxygen atoms in total. The smallest absolute Gasteiger partial charge is 0.0840 e. The van der Waals surface area contributed by atoms with E-state index in [9.17, 15) is 0 Å². The summed E-state index contributed by atoms with van der Waals surface area (Å²) in [6.45, 7) is 3.78. The van der Waals surface area contributed by atoms with Gasteiger partial charge in [-0.3, -0.25) is 0 Å². The van der Waals surface area contributed by atoms with Crippen LogP contribution in [0.25, 0.3) is 0 Å². The van der Waals surface area contributed by atoms with Crippen LogP contribution in [0.1, 0.15) is 96.8 Å². The van der Waals surface area contributed by atoms with Crippen molar-refractivity contribution < 1.29 is 0 Å². The molecule has 0 atom stereocenters. The molecule has 0 fully saturated rings. The van der Waals surface area contributed by atoms with E-state index >= 15 is 0 Å². The van der Waals surface area contributed by atoms with Crippen LogP contribution in [0.5, 0.6) is 0 Å². The normalized spacial score (nSPS) is 10.6. The molecule has 1 N–H and O–H groups in total. The van der Waals surface area contributed by atoms with Crippen molar-refractivity contribution in [2.75, 3.05) is 13.1 Å². The quantitative estimate of drug-likeness (QED) is 0.296.